The van der Waals surface area contributed by atoms with Crippen molar-refractivity contribution in [1.82, 2.24) is 0 Å². The Kier molecular flexibility index (Phi) is 4.66. The van der Waals surface area contributed by atoms with Gasteiger partial charge in [-0.1, -0.05) is 22.0 Å². The summed E-state index contributed by atoms with van der Waals surface area (Å²) in [6.07, 6.45) is 1.15. The van der Waals surface area contributed by atoms with Crippen LogP contribution in [0, 0.1) is 11.3 Å². The summed E-state index contributed by atoms with van der Waals surface area (Å²) in [4.78, 5) is 0.227. The predicted molar refractivity (Wildman–Crippen MR) is 83.4 cm³/mol. The summed E-state index contributed by atoms with van der Waals surface area (Å²) in [5.41, 5.74) is 1.41. The zero-order valence-electron chi connectivity index (χ0n) is 11.2. The summed E-state index contributed by atoms with van der Waals surface area (Å²) >= 11 is 3.33. The van der Waals surface area contributed by atoms with Gasteiger partial charge in [-0.3, -0.25) is 0 Å². The van der Waals surface area contributed by atoms with E-state index in [1.807, 2.05) is 6.07 Å². The number of halogens is 1. The molecule has 2 aromatic carbocycles. The Labute approximate surface area is 132 Å². The quantitative estimate of drug-likeness (QED) is 0.775. The first-order valence-electron chi connectivity index (χ1n) is 6.01. The summed E-state index contributed by atoms with van der Waals surface area (Å²) < 4.78 is 28.4. The van der Waals surface area contributed by atoms with E-state index in [1.165, 1.54) is 12.1 Å². The number of hydrogen-bond acceptors (Lipinski definition) is 4. The number of ether oxygens (including phenoxy) is 1. The lowest BCUT2D eigenvalue weighted by Gasteiger charge is -2.09. The molecule has 2 rings (SSSR count). The minimum Gasteiger partial charge on any atom is -0.456 e. The maximum Gasteiger partial charge on any atom is 0.175 e. The third-order valence-corrected chi connectivity index (χ3v) is 4.57. The molecule has 0 saturated heterocycles. The van der Waals surface area contributed by atoms with Crippen LogP contribution >= 0.6 is 15.9 Å². The minimum atomic E-state index is -3.23. The molecular formula is C15H12BrNO3S. The number of benzene rings is 2. The Morgan fingerprint density at radius 1 is 1.19 bits per heavy atom. The van der Waals surface area contributed by atoms with Gasteiger partial charge in [-0.25, -0.2) is 8.42 Å². The smallest absolute Gasteiger partial charge is 0.175 e. The SMILES string of the molecule is CS(=O)(=O)c1ccc(Oc2ccc(CBr)cc2C#N)cc1. The van der Waals surface area contributed by atoms with E-state index in [2.05, 4.69) is 22.0 Å². The van der Waals surface area contributed by atoms with Crippen molar-refractivity contribution in [2.45, 2.75) is 10.2 Å². The van der Waals surface area contributed by atoms with Gasteiger partial charge in [-0.15, -0.1) is 0 Å². The third kappa shape index (κ3) is 3.84. The molecule has 0 aromatic heterocycles. The first-order valence-corrected chi connectivity index (χ1v) is 9.02. The second kappa shape index (κ2) is 6.29. The first kappa shape index (κ1) is 15.5. The number of hydrogen-bond donors (Lipinski definition) is 0. The maximum absolute atomic E-state index is 11.4. The highest BCUT2D eigenvalue weighted by atomic mass is 79.9. The van der Waals surface area contributed by atoms with Gasteiger partial charge in [0.2, 0.25) is 0 Å². The lowest BCUT2D eigenvalue weighted by atomic mass is 10.1. The zero-order valence-corrected chi connectivity index (χ0v) is 13.6. The molecule has 0 N–H and O–H groups in total. The number of nitriles is 1. The van der Waals surface area contributed by atoms with Crippen molar-refractivity contribution in [2.75, 3.05) is 6.26 Å². The number of nitrogens with zero attached hydrogens (tertiary/aromatic N) is 1. The van der Waals surface area contributed by atoms with Gasteiger partial charge in [0.25, 0.3) is 0 Å². The normalized spacial score (nSPS) is 10.9. The second-order valence-corrected chi connectivity index (χ2v) is 7.00. The van der Waals surface area contributed by atoms with Crippen molar-refractivity contribution < 1.29 is 13.2 Å². The largest absolute Gasteiger partial charge is 0.456 e. The molecule has 0 amide bonds. The molecule has 21 heavy (non-hydrogen) atoms. The topological polar surface area (TPSA) is 67.2 Å². The summed E-state index contributed by atoms with van der Waals surface area (Å²) in [5, 5.41) is 9.80. The van der Waals surface area contributed by atoms with Crippen LogP contribution in [0.2, 0.25) is 0 Å². The molecule has 0 aliphatic rings. The van der Waals surface area contributed by atoms with Crippen molar-refractivity contribution in [1.29, 1.82) is 5.26 Å². The van der Waals surface area contributed by atoms with E-state index in [0.29, 0.717) is 22.4 Å². The average Bonchev–Trinajstić information content (AvgIpc) is 2.47. The Morgan fingerprint density at radius 3 is 2.38 bits per heavy atom. The lowest BCUT2D eigenvalue weighted by Crippen LogP contribution is -1.96. The van der Waals surface area contributed by atoms with Gasteiger partial charge in [0, 0.05) is 11.6 Å². The molecule has 6 heteroatoms. The van der Waals surface area contributed by atoms with Gasteiger partial charge in [-0.2, -0.15) is 5.26 Å². The van der Waals surface area contributed by atoms with Crippen molar-refractivity contribution in [3.05, 3.63) is 53.6 Å². The van der Waals surface area contributed by atoms with Crippen LogP contribution in [-0.2, 0) is 15.2 Å². The van der Waals surface area contributed by atoms with E-state index in [4.69, 9.17) is 10.00 Å². The second-order valence-electron chi connectivity index (χ2n) is 4.42. The first-order chi connectivity index (χ1) is 9.94. The fourth-order valence-electron chi connectivity index (χ4n) is 1.72. The highest BCUT2D eigenvalue weighted by Gasteiger charge is 2.09. The van der Waals surface area contributed by atoms with Crippen LogP contribution in [0.25, 0.3) is 0 Å². The van der Waals surface area contributed by atoms with E-state index in [1.54, 1.807) is 24.3 Å². The third-order valence-electron chi connectivity index (χ3n) is 2.80. The fraction of sp³-hybridized carbons (Fsp3) is 0.133. The number of rotatable bonds is 4. The van der Waals surface area contributed by atoms with Crippen molar-refractivity contribution >= 4 is 25.8 Å². The van der Waals surface area contributed by atoms with Gasteiger partial charge < -0.3 is 4.74 Å². The molecule has 4 nitrogen and oxygen atoms in total. The van der Waals surface area contributed by atoms with Gasteiger partial charge in [-0.05, 0) is 42.0 Å². The molecule has 0 unspecified atom stereocenters. The molecule has 0 aliphatic heterocycles. The molecular weight excluding hydrogens is 354 g/mol. The maximum atomic E-state index is 11.4. The Morgan fingerprint density at radius 2 is 1.86 bits per heavy atom. The summed E-state index contributed by atoms with van der Waals surface area (Å²) in [6, 6.07) is 13.5. The average molecular weight is 366 g/mol. The van der Waals surface area contributed by atoms with Crippen LogP contribution in [0.1, 0.15) is 11.1 Å². The summed E-state index contributed by atoms with van der Waals surface area (Å²) in [7, 11) is -3.23. The standard InChI is InChI=1S/C15H12BrNO3S/c1-21(18,19)14-5-3-13(4-6-14)20-15-7-2-11(9-16)8-12(15)10-17/h2-8H,9H2,1H3. The van der Waals surface area contributed by atoms with Crippen LogP contribution < -0.4 is 4.74 Å². The molecule has 0 heterocycles. The van der Waals surface area contributed by atoms with Crippen LogP contribution in [0.4, 0.5) is 0 Å². The van der Waals surface area contributed by atoms with Crippen molar-refractivity contribution in [3.63, 3.8) is 0 Å². The Bertz CT molecular complexity index is 793. The Balaban J connectivity index is 2.29. The molecule has 108 valence electrons. The molecule has 0 fully saturated rings. The minimum absolute atomic E-state index is 0.227. The highest BCUT2D eigenvalue weighted by Crippen LogP contribution is 2.27. The van der Waals surface area contributed by atoms with E-state index in [0.717, 1.165) is 11.8 Å². The summed E-state index contributed by atoms with van der Waals surface area (Å²) in [5.74, 6) is 0.916. The molecule has 0 spiro atoms. The van der Waals surface area contributed by atoms with Crippen molar-refractivity contribution in [3.8, 4) is 17.6 Å². The van der Waals surface area contributed by atoms with Gasteiger partial charge in [0.1, 0.15) is 17.6 Å². The van der Waals surface area contributed by atoms with Crippen LogP contribution in [0.5, 0.6) is 11.5 Å². The van der Waals surface area contributed by atoms with Gasteiger partial charge in [0.15, 0.2) is 9.84 Å². The number of sulfone groups is 1. The molecule has 2 aromatic rings. The summed E-state index contributed by atoms with van der Waals surface area (Å²) in [6.45, 7) is 0. The molecule has 0 radical (unpaired) electrons. The molecule has 0 saturated carbocycles. The van der Waals surface area contributed by atoms with Gasteiger partial charge >= 0.3 is 0 Å². The van der Waals surface area contributed by atoms with E-state index in [-0.39, 0.29) is 4.90 Å². The lowest BCUT2D eigenvalue weighted by molar-refractivity contribution is 0.480. The number of alkyl halides is 1. The molecule has 0 atom stereocenters. The van der Waals surface area contributed by atoms with Gasteiger partial charge in [0.05, 0.1) is 10.5 Å². The zero-order chi connectivity index (χ0) is 15.5. The Hall–Kier alpha value is -1.84. The van der Waals surface area contributed by atoms with Crippen molar-refractivity contribution in [2.24, 2.45) is 0 Å². The highest BCUT2D eigenvalue weighted by molar-refractivity contribution is 9.08. The van der Waals surface area contributed by atoms with Crippen LogP contribution in [-0.4, -0.2) is 14.7 Å². The fourth-order valence-corrected chi connectivity index (χ4v) is 2.70. The van der Waals surface area contributed by atoms with E-state index in [9.17, 15) is 8.42 Å². The van der Waals surface area contributed by atoms with E-state index >= 15 is 0 Å². The van der Waals surface area contributed by atoms with Crippen LogP contribution in [0.3, 0.4) is 0 Å². The molecule has 0 bridgehead atoms. The predicted octanol–water partition coefficient (Wildman–Crippen LogP) is 3.65. The van der Waals surface area contributed by atoms with E-state index < -0.39 is 9.84 Å². The van der Waals surface area contributed by atoms with Crippen LogP contribution in [0.15, 0.2) is 47.4 Å². The monoisotopic (exact) mass is 365 g/mol. The molecule has 0 aliphatic carbocycles.